The van der Waals surface area contributed by atoms with Crippen molar-refractivity contribution in [2.45, 2.75) is 23.6 Å². The lowest BCUT2D eigenvalue weighted by atomic mass is 9.80. The predicted molar refractivity (Wildman–Crippen MR) is 336 cm³/mol. The van der Waals surface area contributed by atoms with E-state index < -0.39 is 141 Å². The Balaban J connectivity index is 0.000000288. The molecule has 2 aromatic heterocycles. The van der Waals surface area contributed by atoms with Crippen molar-refractivity contribution in [2.75, 3.05) is 28.4 Å². The van der Waals surface area contributed by atoms with E-state index in [1.807, 2.05) is 13.8 Å². The number of aromatic nitrogens is 2. The third-order valence-corrected chi connectivity index (χ3v) is 16.0. The van der Waals surface area contributed by atoms with Crippen LogP contribution in [0.3, 0.4) is 0 Å². The van der Waals surface area contributed by atoms with Gasteiger partial charge < -0.3 is 37.4 Å². The summed E-state index contributed by atoms with van der Waals surface area (Å²) in [6.07, 6.45) is 0. The van der Waals surface area contributed by atoms with Gasteiger partial charge in [-0.25, -0.2) is 43.9 Å². The predicted octanol–water partition coefficient (Wildman–Crippen LogP) is 12.4. The number of halogens is 15. The maximum Gasteiger partial charge on any atom is 0.488 e. The number of methoxy groups -OCH3 is 4. The highest BCUT2D eigenvalue weighted by Gasteiger charge is 2.33. The number of hydrogen-bond donors (Lipinski definition) is 2. The maximum absolute atomic E-state index is 15.4. The van der Waals surface area contributed by atoms with Crippen LogP contribution in [-0.2, 0) is 20.2 Å². The van der Waals surface area contributed by atoms with Crippen LogP contribution in [-0.4, -0.2) is 71.6 Å². The average molecular weight is 1500 g/mol. The van der Waals surface area contributed by atoms with E-state index in [0.29, 0.717) is 0 Å². The van der Waals surface area contributed by atoms with Crippen molar-refractivity contribution < 1.29 is 116 Å². The highest BCUT2D eigenvalue weighted by molar-refractivity contribution is 9.10. The fourth-order valence-electron chi connectivity index (χ4n) is 8.51. The number of benzene rings is 8. The Labute approximate surface area is 549 Å². The lowest BCUT2D eigenvalue weighted by Gasteiger charge is -2.17. The van der Waals surface area contributed by atoms with Gasteiger partial charge in [0, 0.05) is 40.6 Å². The molecule has 0 aliphatic heterocycles. The summed E-state index contributed by atoms with van der Waals surface area (Å²) in [4.78, 5) is 24.1. The van der Waals surface area contributed by atoms with Crippen LogP contribution in [0.1, 0.15) is 13.8 Å². The minimum Gasteiger partial charge on any atom is -0.495 e. The summed E-state index contributed by atoms with van der Waals surface area (Å²) >= 11 is 3.00. The summed E-state index contributed by atoms with van der Waals surface area (Å²) in [5, 5.41) is 17.5. The summed E-state index contributed by atoms with van der Waals surface area (Å²) in [5.41, 5.74) is -1.04. The van der Waals surface area contributed by atoms with Gasteiger partial charge in [-0.1, -0.05) is 26.0 Å². The van der Waals surface area contributed by atoms with Gasteiger partial charge in [-0.05, 0) is 112 Å². The van der Waals surface area contributed by atoms with Crippen molar-refractivity contribution in [3.8, 4) is 57.0 Å². The SMILES string of the molecule is CC.COc1cc(-c2cc(OC)c(-n3c(=O)ccc4cc(S(=O)(=O)Oc5c(F)c(F)c(F)c(F)c5F)ccc43)cc2F)ccc1F.COc1cc(B(O)O)ccc1F.COc1cc(Br)c(F)cc1-n1c(=O)ccc2cc(S(=O)(=O)Oc3c(F)c(F)c(F)c(F)c3F)ccc21.P.P. The van der Waals surface area contributed by atoms with E-state index in [2.05, 4.69) is 29.0 Å². The second kappa shape index (κ2) is 31.9. The highest BCUT2D eigenvalue weighted by atomic mass is 79.9. The van der Waals surface area contributed by atoms with Crippen LogP contribution in [0.4, 0.5) is 61.5 Å². The standard InChI is InChI=1S/C29H16F7NO6S.C22H10BrF6NO5S.C7H8BFO3.C2H6.2H3P/c1-41-21-10-13(3-6-17(21)30)16-11-22(42-2)20(12-18(16)31)37-19-7-5-15(9-14(19)4-8-23(37)38)44(39,40)43-29-27(35)25(33)24(32)26(34)28(29)36;1-34-15-7-11(23)12(24)8-14(15)30-13-4-3-10(6-9(13)2-5-16(30)31)36(32,33)35-22-20(28)18(26)17(25)19(27)21(22)29;1-12-7-4-5(8(10)11)2-3-6(7)9;1-2;;/h3-12H,1-2H3;2-8H,1H3;2-4,10-11H,1H3;1-2H3;2*1H3. The molecule has 2 N–H and O–H groups in total. The molecule has 10 aromatic rings. The molecule has 96 heavy (non-hydrogen) atoms. The van der Waals surface area contributed by atoms with Gasteiger partial charge in [0.25, 0.3) is 11.1 Å². The summed E-state index contributed by atoms with van der Waals surface area (Å²) in [7, 11) is -6.85. The van der Waals surface area contributed by atoms with Gasteiger partial charge in [0.15, 0.2) is 23.1 Å². The minimum atomic E-state index is -5.19. The summed E-state index contributed by atoms with van der Waals surface area (Å²) in [5.74, 6) is -31.5. The molecule has 2 heterocycles. The summed E-state index contributed by atoms with van der Waals surface area (Å²) in [6, 6.07) is 21.8. The van der Waals surface area contributed by atoms with Gasteiger partial charge in [-0.3, -0.25) is 18.7 Å². The highest BCUT2D eigenvalue weighted by Crippen LogP contribution is 2.38. The van der Waals surface area contributed by atoms with Gasteiger partial charge >= 0.3 is 27.4 Å². The van der Waals surface area contributed by atoms with Crippen molar-refractivity contribution in [2.24, 2.45) is 0 Å². The van der Waals surface area contributed by atoms with E-state index in [9.17, 15) is 83.5 Å². The Morgan fingerprint density at radius 2 is 0.771 bits per heavy atom. The van der Waals surface area contributed by atoms with Crippen LogP contribution < -0.4 is 43.9 Å². The molecular formula is C60H46BBrF14N2O14P2S2. The van der Waals surface area contributed by atoms with Gasteiger partial charge in [0.05, 0.1) is 55.3 Å². The number of rotatable bonds is 14. The molecule has 0 aliphatic carbocycles. The third kappa shape index (κ3) is 15.9. The van der Waals surface area contributed by atoms with E-state index in [1.165, 1.54) is 77.0 Å². The first kappa shape index (κ1) is 77.9. The zero-order valence-electron chi connectivity index (χ0n) is 49.7. The minimum absolute atomic E-state index is 0. The second-order valence-corrected chi connectivity index (χ2v) is 22.3. The fraction of sp³-hybridized carbons (Fsp3) is 0.100. The molecule has 0 fully saturated rings. The molecule has 2 atom stereocenters. The molecule has 36 heteroatoms. The van der Waals surface area contributed by atoms with Crippen molar-refractivity contribution in [1.29, 1.82) is 0 Å². The van der Waals surface area contributed by atoms with Gasteiger partial charge in [0.2, 0.25) is 69.7 Å². The Morgan fingerprint density at radius 3 is 1.17 bits per heavy atom. The molecule has 0 aliphatic rings. The van der Waals surface area contributed by atoms with Crippen LogP contribution >= 0.6 is 35.7 Å². The fourth-order valence-corrected chi connectivity index (χ4v) is 10.8. The Bertz CT molecular complexity index is 4950. The Hall–Kier alpha value is -8.78. The molecule has 0 spiro atoms. The molecule has 8 aromatic carbocycles. The average Bonchev–Trinajstić information content (AvgIpc) is 0.788. The molecule has 0 saturated heterocycles. The van der Waals surface area contributed by atoms with Crippen LogP contribution in [0.2, 0.25) is 0 Å². The first-order valence-corrected chi connectivity index (χ1v) is 29.6. The summed E-state index contributed by atoms with van der Waals surface area (Å²) in [6.45, 7) is 4.00. The molecule has 0 amide bonds. The number of hydrogen-bond acceptors (Lipinski definition) is 14. The summed E-state index contributed by atoms with van der Waals surface area (Å²) < 4.78 is 275. The molecule has 0 saturated carbocycles. The molecule has 2 unspecified atom stereocenters. The second-order valence-electron chi connectivity index (χ2n) is 18.4. The number of ether oxygens (including phenoxy) is 4. The van der Waals surface area contributed by atoms with Crippen molar-refractivity contribution in [3.05, 3.63) is 228 Å². The molecule has 510 valence electrons. The quantitative estimate of drug-likeness (QED) is 0.0259. The Morgan fingerprint density at radius 1 is 0.406 bits per heavy atom. The first-order valence-electron chi connectivity index (χ1n) is 26.0. The van der Waals surface area contributed by atoms with Crippen molar-refractivity contribution in [1.82, 2.24) is 9.13 Å². The lowest BCUT2D eigenvalue weighted by molar-refractivity contribution is 0.346. The zero-order valence-corrected chi connectivity index (χ0v) is 55.8. The monoisotopic (exact) mass is 1500 g/mol. The van der Waals surface area contributed by atoms with Crippen molar-refractivity contribution >= 4 is 90.4 Å². The number of fused-ring (bicyclic) bond motifs is 2. The Kier molecular flexibility index (Phi) is 25.9. The van der Waals surface area contributed by atoms with Crippen LogP contribution in [0.15, 0.2) is 145 Å². The van der Waals surface area contributed by atoms with Gasteiger partial charge in [-0.15, -0.1) is 0 Å². The lowest BCUT2D eigenvalue weighted by Crippen LogP contribution is -2.29. The van der Waals surface area contributed by atoms with Crippen molar-refractivity contribution in [3.63, 3.8) is 0 Å². The largest absolute Gasteiger partial charge is 0.495 e. The maximum atomic E-state index is 15.4. The smallest absolute Gasteiger partial charge is 0.488 e. The van der Waals surface area contributed by atoms with Gasteiger partial charge in [0.1, 0.15) is 32.9 Å². The number of nitrogens with zero attached hydrogens (tertiary/aromatic N) is 2. The van der Waals surface area contributed by atoms with E-state index in [4.69, 9.17) is 24.3 Å². The molecule has 10 rings (SSSR count). The van der Waals surface area contributed by atoms with Crippen LogP contribution in [0.25, 0.3) is 44.3 Å². The molecular weight excluding hydrogens is 1460 g/mol. The first-order chi connectivity index (χ1) is 44.3. The van der Waals surface area contributed by atoms with Crippen LogP contribution in [0, 0.1) is 81.4 Å². The van der Waals surface area contributed by atoms with E-state index >= 15 is 4.39 Å². The van der Waals surface area contributed by atoms with E-state index in [-0.39, 0.29) is 97.0 Å². The molecule has 16 nitrogen and oxygen atoms in total. The normalized spacial score (nSPS) is 10.9. The van der Waals surface area contributed by atoms with E-state index in [1.54, 1.807) is 0 Å². The van der Waals surface area contributed by atoms with Gasteiger partial charge in [-0.2, -0.15) is 54.2 Å². The number of pyridine rings is 2. The van der Waals surface area contributed by atoms with E-state index in [0.717, 1.165) is 81.9 Å². The zero-order chi connectivity index (χ0) is 69.7. The molecule has 0 radical (unpaired) electrons. The molecule has 0 bridgehead atoms. The topological polar surface area (TPSA) is 208 Å². The van der Waals surface area contributed by atoms with Crippen LogP contribution in [0.5, 0.6) is 34.5 Å². The third-order valence-electron chi connectivity index (χ3n) is 12.9.